The summed E-state index contributed by atoms with van der Waals surface area (Å²) in [6.07, 6.45) is -52.3. The molecular formula is C46H24BF24NO2. The molecule has 1 heterocycles. The average molecular weight is 1090 g/mol. The Kier molecular flexibility index (Phi) is 15.7. The number of nitrogens with zero attached hydrogens (tertiary/aromatic N) is 1. The van der Waals surface area contributed by atoms with Crippen LogP contribution >= 0.6 is 0 Å². The topological polar surface area (TPSA) is 38.0 Å². The number of rotatable bonds is 8. The van der Waals surface area contributed by atoms with Crippen LogP contribution in [0.5, 0.6) is 0 Å². The molecular weight excluding hydrogens is 1070 g/mol. The quantitative estimate of drug-likeness (QED) is 0.0501. The zero-order valence-electron chi connectivity index (χ0n) is 35.8. The maximum absolute atomic E-state index is 14.2. The van der Waals surface area contributed by atoms with E-state index in [0.717, 1.165) is 6.29 Å². The van der Waals surface area contributed by atoms with E-state index < -0.39 is 195 Å². The van der Waals surface area contributed by atoms with Gasteiger partial charge in [-0.2, -0.15) is 132 Å². The molecule has 0 saturated carbocycles. The smallest absolute Gasteiger partial charge is 0.291 e. The summed E-state index contributed by atoms with van der Waals surface area (Å²) in [7, 11) is 0. The molecule has 0 saturated heterocycles. The van der Waals surface area contributed by atoms with Gasteiger partial charge in [-0.1, -0.05) is 78.9 Å². The molecule has 0 spiro atoms. The van der Waals surface area contributed by atoms with Crippen molar-refractivity contribution in [1.82, 2.24) is 0 Å². The second kappa shape index (κ2) is 20.0. The normalized spacial score (nSPS) is 13.3. The summed E-state index contributed by atoms with van der Waals surface area (Å²) in [5, 5.41) is 0. The fourth-order valence-electron chi connectivity index (χ4n) is 7.68. The number of hydrogen-bond donors (Lipinski definition) is 0. The molecule has 0 aliphatic rings. The lowest BCUT2D eigenvalue weighted by Gasteiger charge is -2.46. The highest BCUT2D eigenvalue weighted by molar-refractivity contribution is 7.20. The number of hydrogen-bond acceptors (Lipinski definition) is 2. The third-order valence-corrected chi connectivity index (χ3v) is 10.9. The first-order valence-corrected chi connectivity index (χ1v) is 19.9. The molecule has 0 aliphatic heterocycles. The van der Waals surface area contributed by atoms with Crippen LogP contribution in [-0.2, 0) is 56.0 Å². The maximum Gasteiger partial charge on any atom is 0.416 e. The van der Waals surface area contributed by atoms with Crippen LogP contribution in [0.2, 0.25) is 0 Å². The molecule has 0 radical (unpaired) electrons. The van der Waals surface area contributed by atoms with Crippen molar-refractivity contribution in [3.05, 3.63) is 183 Å². The Morgan fingerprint density at radius 3 is 0.838 bits per heavy atom. The highest BCUT2D eigenvalue weighted by Gasteiger charge is 2.47. The Hall–Kier alpha value is -7.03. The second-order valence-corrected chi connectivity index (χ2v) is 15.9. The molecule has 0 amide bonds. The van der Waals surface area contributed by atoms with E-state index in [-0.39, 0.29) is 12.3 Å². The van der Waals surface area contributed by atoms with Crippen LogP contribution in [0.25, 0.3) is 0 Å². The Balaban J connectivity index is 0.000000500. The van der Waals surface area contributed by atoms with E-state index in [1.165, 1.54) is 0 Å². The Bertz CT molecular complexity index is 2580. The van der Waals surface area contributed by atoms with Crippen LogP contribution in [0.3, 0.4) is 0 Å². The van der Waals surface area contributed by atoms with E-state index in [2.05, 4.69) is 0 Å². The summed E-state index contributed by atoms with van der Waals surface area (Å²) in [4.78, 5) is 22.8. The van der Waals surface area contributed by atoms with Gasteiger partial charge in [-0.25, -0.2) is 0 Å². The standard InChI is InChI=1S/C32H12BF24.C14H12NO2/c34-25(35,36)13-1-14(26(37,38)39)6-21(5-13)33(22-7-15(27(40,41)42)2-16(8-22)28(43,44)45,23-9-17(29(46,47)48)3-18(10-23)30(49,50)51)24-11-19(31(52,53)54)4-20(12-24)32(55,56)57;16-11-13-8-4-5-9-15(13)10-14(17)12-6-2-1-3-7-12/h1-12H;1-9,11H,10H2/q-1;+1. The van der Waals surface area contributed by atoms with Crippen LogP contribution in [-0.4, -0.2) is 18.2 Å². The number of Topliss-reactive ketones (excluding diaryl/α,β-unsaturated/α-hetero) is 1. The Labute approximate surface area is 398 Å². The van der Waals surface area contributed by atoms with Crippen molar-refractivity contribution in [3.63, 3.8) is 0 Å². The molecule has 5 aromatic carbocycles. The van der Waals surface area contributed by atoms with Crippen molar-refractivity contribution in [1.29, 1.82) is 0 Å². The lowest BCUT2D eigenvalue weighted by molar-refractivity contribution is -0.684. The predicted octanol–water partition coefficient (Wildman–Crippen LogP) is 12.9. The zero-order valence-corrected chi connectivity index (χ0v) is 35.8. The van der Waals surface area contributed by atoms with Gasteiger partial charge in [-0.05, 0) is 30.3 Å². The van der Waals surface area contributed by atoms with Gasteiger partial charge in [0.25, 0.3) is 0 Å². The summed E-state index contributed by atoms with van der Waals surface area (Å²) >= 11 is 0. The van der Waals surface area contributed by atoms with Gasteiger partial charge in [0.05, 0.1) is 44.5 Å². The SMILES string of the molecule is FC(F)(F)c1cc([B-](c2cc(C(F)(F)F)cc(C(F)(F)F)c2)(c2cc(C(F)(F)F)cc(C(F)(F)F)c2)c2cc(C(F)(F)F)cc(C(F)(F)F)c2)cc(C(F)(F)F)c1.O=Cc1cccc[n+]1CC(=O)c1ccccc1. The molecule has 0 atom stereocenters. The van der Waals surface area contributed by atoms with Crippen LogP contribution in [0.15, 0.2) is 128 Å². The zero-order chi connectivity index (χ0) is 56.0. The fourth-order valence-corrected chi connectivity index (χ4v) is 7.68. The van der Waals surface area contributed by atoms with Crippen molar-refractivity contribution >= 4 is 40.1 Å². The molecule has 0 aliphatic carbocycles. The third kappa shape index (κ3) is 13.2. The molecule has 28 heteroatoms. The Morgan fingerprint density at radius 2 is 0.608 bits per heavy atom. The van der Waals surface area contributed by atoms with Crippen LogP contribution in [0.4, 0.5) is 105 Å². The number of ketones is 1. The van der Waals surface area contributed by atoms with Crippen molar-refractivity contribution in [2.75, 3.05) is 0 Å². The first-order valence-electron chi connectivity index (χ1n) is 19.9. The van der Waals surface area contributed by atoms with E-state index in [9.17, 15) is 115 Å². The van der Waals surface area contributed by atoms with Gasteiger partial charge in [0.1, 0.15) is 6.15 Å². The summed E-state index contributed by atoms with van der Waals surface area (Å²) in [6.45, 7) is 0.179. The number of carbonyl (C=O) groups excluding carboxylic acids is 2. The minimum Gasteiger partial charge on any atom is -0.291 e. The van der Waals surface area contributed by atoms with Crippen LogP contribution in [0, 0.1) is 0 Å². The molecule has 396 valence electrons. The largest absolute Gasteiger partial charge is 0.416 e. The average Bonchev–Trinajstić information content (AvgIpc) is 3.27. The van der Waals surface area contributed by atoms with Gasteiger partial charge in [-0.15, -0.1) is 0 Å². The van der Waals surface area contributed by atoms with Crippen molar-refractivity contribution in [3.8, 4) is 0 Å². The van der Waals surface area contributed by atoms with E-state index in [1.54, 1.807) is 41.1 Å². The van der Waals surface area contributed by atoms with Gasteiger partial charge >= 0.3 is 49.4 Å². The summed E-state index contributed by atoms with van der Waals surface area (Å²) in [6, 6.07) is 5.49. The summed E-state index contributed by atoms with van der Waals surface area (Å²) in [5.74, 6) is -0.00935. The second-order valence-electron chi connectivity index (χ2n) is 15.9. The lowest BCUT2D eigenvalue weighted by atomic mass is 9.12. The fraction of sp³-hybridized carbons (Fsp3) is 0.196. The monoisotopic (exact) mass is 1090 g/mol. The number of pyridine rings is 1. The molecule has 0 N–H and O–H groups in total. The van der Waals surface area contributed by atoms with Crippen molar-refractivity contribution < 1.29 is 120 Å². The molecule has 6 aromatic rings. The molecule has 6 rings (SSSR count). The van der Waals surface area contributed by atoms with Crippen LogP contribution in [0.1, 0.15) is 65.4 Å². The van der Waals surface area contributed by atoms with Gasteiger partial charge in [0.15, 0.2) is 6.20 Å². The lowest BCUT2D eigenvalue weighted by Crippen LogP contribution is -2.75. The molecule has 0 bridgehead atoms. The van der Waals surface area contributed by atoms with E-state index in [4.69, 9.17) is 0 Å². The number of alkyl halides is 24. The summed E-state index contributed by atoms with van der Waals surface area (Å²) in [5.41, 5.74) is -29.1. The van der Waals surface area contributed by atoms with E-state index >= 15 is 0 Å². The van der Waals surface area contributed by atoms with Crippen LogP contribution < -0.4 is 26.4 Å². The first-order chi connectivity index (χ1) is 33.6. The van der Waals surface area contributed by atoms with Gasteiger partial charge in [0, 0.05) is 17.7 Å². The summed E-state index contributed by atoms with van der Waals surface area (Å²) < 4.78 is 342. The highest BCUT2D eigenvalue weighted by atomic mass is 19.4. The minimum absolute atomic E-state index is 0.00935. The van der Waals surface area contributed by atoms with Gasteiger partial charge in [-0.3, -0.25) is 9.59 Å². The molecule has 3 nitrogen and oxygen atoms in total. The number of aromatic nitrogens is 1. The van der Waals surface area contributed by atoms with Crippen molar-refractivity contribution in [2.45, 2.75) is 56.0 Å². The number of halogens is 24. The number of aldehydes is 1. The van der Waals surface area contributed by atoms with Gasteiger partial charge < -0.3 is 0 Å². The molecule has 1 aromatic heterocycles. The van der Waals surface area contributed by atoms with Crippen molar-refractivity contribution in [2.24, 2.45) is 0 Å². The maximum atomic E-state index is 14.2. The predicted molar refractivity (Wildman–Crippen MR) is 213 cm³/mol. The third-order valence-electron chi connectivity index (χ3n) is 10.9. The molecule has 74 heavy (non-hydrogen) atoms. The Morgan fingerprint density at radius 1 is 0.365 bits per heavy atom. The number of carbonyl (C=O) groups is 2. The number of benzene rings is 5. The first kappa shape index (κ1) is 57.9. The van der Waals surface area contributed by atoms with E-state index in [1.807, 2.05) is 18.2 Å². The van der Waals surface area contributed by atoms with E-state index in [0.29, 0.717) is 11.3 Å². The van der Waals surface area contributed by atoms with Gasteiger partial charge in [0.2, 0.25) is 24.3 Å². The minimum atomic E-state index is -6.13. The molecule has 0 fully saturated rings. The molecule has 0 unspecified atom stereocenters. The highest BCUT2D eigenvalue weighted by Crippen LogP contribution is 2.41.